The van der Waals surface area contributed by atoms with Gasteiger partial charge in [-0.25, -0.2) is 9.97 Å². The Labute approximate surface area is 91.6 Å². The summed E-state index contributed by atoms with van der Waals surface area (Å²) < 4.78 is 0. The van der Waals surface area contributed by atoms with Gasteiger partial charge >= 0.3 is 0 Å². The van der Waals surface area contributed by atoms with Crippen LogP contribution in [0.4, 0.5) is 17.3 Å². The maximum absolute atomic E-state index is 11.2. The van der Waals surface area contributed by atoms with Crippen molar-refractivity contribution in [1.82, 2.24) is 15.0 Å². The number of aromatic amines is 1. The Hall–Kier alpha value is -2.37. The Balaban J connectivity index is 2.34. The van der Waals surface area contributed by atoms with Crippen molar-refractivity contribution in [3.05, 3.63) is 40.6 Å². The average molecular weight is 217 g/mol. The predicted molar refractivity (Wildman–Crippen MR) is 61.5 cm³/mol. The van der Waals surface area contributed by atoms with Crippen molar-refractivity contribution in [2.45, 2.75) is 6.92 Å². The topological polar surface area (TPSA) is 96.7 Å². The first-order chi connectivity index (χ1) is 7.66. The lowest BCUT2D eigenvalue weighted by Gasteiger charge is -2.06. The highest BCUT2D eigenvalue weighted by atomic mass is 16.1. The Morgan fingerprint density at radius 3 is 3.00 bits per heavy atom. The van der Waals surface area contributed by atoms with Crippen LogP contribution in [0.2, 0.25) is 0 Å². The van der Waals surface area contributed by atoms with Crippen LogP contribution in [0.5, 0.6) is 0 Å². The van der Waals surface area contributed by atoms with Crippen LogP contribution in [0.15, 0.2) is 29.5 Å². The number of anilines is 3. The van der Waals surface area contributed by atoms with Crippen molar-refractivity contribution in [3.63, 3.8) is 0 Å². The lowest BCUT2D eigenvalue weighted by atomic mass is 10.3. The van der Waals surface area contributed by atoms with E-state index in [1.165, 1.54) is 6.33 Å². The third-order valence-corrected chi connectivity index (χ3v) is 2.05. The fraction of sp³-hybridized carbons (Fsp3) is 0.100. The number of nitrogens with two attached hydrogens (primary N) is 1. The van der Waals surface area contributed by atoms with Gasteiger partial charge in [-0.2, -0.15) is 0 Å². The molecule has 0 spiro atoms. The summed E-state index contributed by atoms with van der Waals surface area (Å²) in [6.07, 6.45) is 2.96. The smallest absolute Gasteiger partial charge is 0.276 e. The zero-order valence-corrected chi connectivity index (χ0v) is 8.69. The highest BCUT2D eigenvalue weighted by Gasteiger charge is 2.04. The Morgan fingerprint density at radius 2 is 2.25 bits per heavy atom. The second kappa shape index (κ2) is 4.01. The number of nitrogens with one attached hydrogen (secondary N) is 2. The molecule has 0 aliphatic carbocycles. The fourth-order valence-electron chi connectivity index (χ4n) is 1.24. The van der Waals surface area contributed by atoms with E-state index in [0.29, 0.717) is 11.6 Å². The SMILES string of the molecule is Cc1ccnc(Nc2nc[nH]c(=O)c2N)c1. The van der Waals surface area contributed by atoms with Crippen LogP contribution in [0.25, 0.3) is 0 Å². The van der Waals surface area contributed by atoms with E-state index in [9.17, 15) is 4.79 Å². The first-order valence-electron chi connectivity index (χ1n) is 4.69. The van der Waals surface area contributed by atoms with Crippen LogP contribution in [-0.2, 0) is 0 Å². The molecule has 2 heterocycles. The van der Waals surface area contributed by atoms with Crippen molar-refractivity contribution in [2.75, 3.05) is 11.1 Å². The summed E-state index contributed by atoms with van der Waals surface area (Å²) in [6, 6.07) is 3.71. The molecule has 0 aromatic carbocycles. The minimum atomic E-state index is -0.370. The summed E-state index contributed by atoms with van der Waals surface area (Å²) in [5.41, 5.74) is 6.31. The molecule has 0 amide bonds. The second-order valence-electron chi connectivity index (χ2n) is 3.34. The molecular weight excluding hydrogens is 206 g/mol. The van der Waals surface area contributed by atoms with Gasteiger partial charge in [-0.1, -0.05) is 0 Å². The molecule has 16 heavy (non-hydrogen) atoms. The molecule has 0 saturated heterocycles. The normalized spacial score (nSPS) is 10.1. The van der Waals surface area contributed by atoms with Gasteiger partial charge in [0, 0.05) is 6.20 Å². The molecule has 2 aromatic heterocycles. The number of aryl methyl sites for hydroxylation is 1. The van der Waals surface area contributed by atoms with Gasteiger partial charge in [-0.05, 0) is 24.6 Å². The van der Waals surface area contributed by atoms with Crippen molar-refractivity contribution in [2.24, 2.45) is 0 Å². The Bertz CT molecular complexity index is 563. The largest absolute Gasteiger partial charge is 0.391 e. The number of aromatic nitrogens is 3. The van der Waals surface area contributed by atoms with Gasteiger partial charge in [-0.15, -0.1) is 0 Å². The van der Waals surface area contributed by atoms with E-state index in [2.05, 4.69) is 20.3 Å². The van der Waals surface area contributed by atoms with Crippen molar-refractivity contribution >= 4 is 17.3 Å². The highest BCUT2D eigenvalue weighted by Crippen LogP contribution is 2.15. The van der Waals surface area contributed by atoms with Gasteiger partial charge in [0.1, 0.15) is 11.5 Å². The van der Waals surface area contributed by atoms with Crippen LogP contribution in [0, 0.1) is 6.92 Å². The van der Waals surface area contributed by atoms with E-state index in [1.807, 2.05) is 19.1 Å². The van der Waals surface area contributed by atoms with E-state index >= 15 is 0 Å². The molecular formula is C10H11N5O. The van der Waals surface area contributed by atoms with Gasteiger partial charge < -0.3 is 16.0 Å². The first kappa shape index (κ1) is 10.2. The molecule has 0 atom stereocenters. The summed E-state index contributed by atoms with van der Waals surface area (Å²) in [4.78, 5) is 21.6. The van der Waals surface area contributed by atoms with E-state index in [4.69, 9.17) is 5.73 Å². The Kier molecular flexibility index (Phi) is 2.55. The van der Waals surface area contributed by atoms with Gasteiger partial charge in [0.25, 0.3) is 5.56 Å². The Morgan fingerprint density at radius 1 is 1.44 bits per heavy atom. The van der Waals surface area contributed by atoms with Gasteiger partial charge in [0.05, 0.1) is 6.33 Å². The lowest BCUT2D eigenvalue weighted by molar-refractivity contribution is 1.12. The molecule has 0 saturated carbocycles. The van der Waals surface area contributed by atoms with Gasteiger partial charge in [0.2, 0.25) is 0 Å². The van der Waals surface area contributed by atoms with Gasteiger partial charge in [-0.3, -0.25) is 4.79 Å². The summed E-state index contributed by atoms with van der Waals surface area (Å²) in [7, 11) is 0. The van der Waals surface area contributed by atoms with Crippen LogP contribution in [0.3, 0.4) is 0 Å². The molecule has 6 heteroatoms. The summed E-state index contributed by atoms with van der Waals surface area (Å²) in [6.45, 7) is 1.95. The van der Waals surface area contributed by atoms with Crippen molar-refractivity contribution in [1.29, 1.82) is 0 Å². The number of H-pyrrole nitrogens is 1. The minimum absolute atomic E-state index is 0.0470. The number of hydrogen-bond donors (Lipinski definition) is 3. The summed E-state index contributed by atoms with van der Waals surface area (Å²) in [5.74, 6) is 0.909. The van der Waals surface area contributed by atoms with E-state index in [1.54, 1.807) is 6.20 Å². The monoisotopic (exact) mass is 217 g/mol. The summed E-state index contributed by atoms with van der Waals surface area (Å²) >= 11 is 0. The van der Waals surface area contributed by atoms with E-state index in [0.717, 1.165) is 5.56 Å². The number of pyridine rings is 1. The third kappa shape index (κ3) is 2.00. The quantitative estimate of drug-likeness (QED) is 0.691. The number of nitrogens with zero attached hydrogens (tertiary/aromatic N) is 2. The molecule has 82 valence electrons. The standard InChI is InChI=1S/C10H11N5O/c1-6-2-3-12-7(4-6)15-9-8(11)10(16)14-5-13-9/h2-5H,11H2,1H3,(H2,12,13,14,15,16). The van der Waals surface area contributed by atoms with Crippen LogP contribution >= 0.6 is 0 Å². The van der Waals surface area contributed by atoms with Crippen LogP contribution in [-0.4, -0.2) is 15.0 Å². The number of nitrogen functional groups attached to an aromatic ring is 1. The molecule has 2 aromatic rings. The molecule has 0 aliphatic heterocycles. The minimum Gasteiger partial charge on any atom is -0.391 e. The molecule has 6 nitrogen and oxygen atoms in total. The fourth-order valence-corrected chi connectivity index (χ4v) is 1.24. The average Bonchev–Trinajstić information content (AvgIpc) is 2.25. The highest BCUT2D eigenvalue weighted by molar-refractivity contribution is 5.65. The summed E-state index contributed by atoms with van der Waals surface area (Å²) in [5, 5.41) is 2.89. The predicted octanol–water partition coefficient (Wildman–Crippen LogP) is 0.799. The second-order valence-corrected chi connectivity index (χ2v) is 3.34. The molecule has 2 rings (SSSR count). The lowest BCUT2D eigenvalue weighted by Crippen LogP contribution is -2.14. The zero-order valence-electron chi connectivity index (χ0n) is 8.69. The molecule has 0 unspecified atom stereocenters. The maximum atomic E-state index is 11.2. The van der Waals surface area contributed by atoms with Gasteiger partial charge in [0.15, 0.2) is 5.82 Å². The molecule has 0 aliphatic rings. The van der Waals surface area contributed by atoms with Crippen LogP contribution < -0.4 is 16.6 Å². The van der Waals surface area contributed by atoms with Crippen molar-refractivity contribution in [3.8, 4) is 0 Å². The number of rotatable bonds is 2. The number of hydrogen-bond acceptors (Lipinski definition) is 5. The zero-order chi connectivity index (χ0) is 11.5. The third-order valence-electron chi connectivity index (χ3n) is 2.05. The van der Waals surface area contributed by atoms with E-state index in [-0.39, 0.29) is 11.2 Å². The molecule has 4 N–H and O–H groups in total. The maximum Gasteiger partial charge on any atom is 0.276 e. The first-order valence-corrected chi connectivity index (χ1v) is 4.69. The van der Waals surface area contributed by atoms with Crippen LogP contribution in [0.1, 0.15) is 5.56 Å². The molecule has 0 bridgehead atoms. The van der Waals surface area contributed by atoms with Crippen molar-refractivity contribution < 1.29 is 0 Å². The molecule has 0 radical (unpaired) electrons. The van der Waals surface area contributed by atoms with E-state index < -0.39 is 0 Å². The molecule has 0 fully saturated rings.